The molecular weight excluding hydrogens is 243 g/mol. The minimum atomic E-state index is -3.75. The Morgan fingerprint density at radius 3 is 2.41 bits per heavy atom. The quantitative estimate of drug-likeness (QED) is 0.853. The molecule has 0 fully saturated rings. The summed E-state index contributed by atoms with van der Waals surface area (Å²) in [6.07, 6.45) is 0. The molecule has 0 unspecified atom stereocenters. The lowest BCUT2D eigenvalue weighted by Gasteiger charge is -2.23. The Balaban J connectivity index is 3.14. The Morgan fingerprint density at radius 2 is 1.94 bits per heavy atom. The van der Waals surface area contributed by atoms with Gasteiger partial charge in [0.1, 0.15) is 5.82 Å². The first-order valence-electron chi connectivity index (χ1n) is 5.17. The van der Waals surface area contributed by atoms with Gasteiger partial charge in [-0.3, -0.25) is 0 Å². The van der Waals surface area contributed by atoms with Crippen LogP contribution in [0, 0.1) is 12.7 Å². The van der Waals surface area contributed by atoms with Gasteiger partial charge in [-0.1, -0.05) is 0 Å². The standard InChI is InChI=1S/C11H17FN2O2S/c1-8-4-9(12)6-10(5-8)17(15,16)14-11(2,3)7-13/h4-6,14H,7,13H2,1-3H3. The number of benzene rings is 1. The molecule has 0 amide bonds. The Kier molecular flexibility index (Phi) is 3.91. The summed E-state index contributed by atoms with van der Waals surface area (Å²) >= 11 is 0. The van der Waals surface area contributed by atoms with Crippen LogP contribution in [0.25, 0.3) is 0 Å². The Morgan fingerprint density at radius 1 is 1.35 bits per heavy atom. The number of nitrogens with two attached hydrogens (primary N) is 1. The lowest BCUT2D eigenvalue weighted by atomic mass is 10.1. The van der Waals surface area contributed by atoms with Crippen LogP contribution in [0.5, 0.6) is 0 Å². The molecule has 1 aromatic carbocycles. The molecule has 1 aromatic rings. The zero-order valence-corrected chi connectivity index (χ0v) is 10.9. The van der Waals surface area contributed by atoms with E-state index in [2.05, 4.69) is 4.72 Å². The van der Waals surface area contributed by atoms with Crippen molar-refractivity contribution < 1.29 is 12.8 Å². The summed E-state index contributed by atoms with van der Waals surface area (Å²) in [5.74, 6) is -0.573. The molecule has 4 nitrogen and oxygen atoms in total. The third-order valence-electron chi connectivity index (χ3n) is 2.25. The number of hydrogen-bond donors (Lipinski definition) is 2. The van der Waals surface area contributed by atoms with E-state index in [0.717, 1.165) is 6.07 Å². The Labute approximate surface area is 101 Å². The van der Waals surface area contributed by atoms with Gasteiger partial charge in [0, 0.05) is 12.1 Å². The molecule has 6 heteroatoms. The minimum Gasteiger partial charge on any atom is -0.329 e. The van der Waals surface area contributed by atoms with Crippen LogP contribution >= 0.6 is 0 Å². The lowest BCUT2D eigenvalue weighted by molar-refractivity contribution is 0.462. The van der Waals surface area contributed by atoms with Crippen LogP contribution < -0.4 is 10.5 Å². The van der Waals surface area contributed by atoms with Gasteiger partial charge in [-0.15, -0.1) is 0 Å². The predicted octanol–water partition coefficient (Wildman–Crippen LogP) is 1.15. The van der Waals surface area contributed by atoms with E-state index < -0.39 is 21.4 Å². The van der Waals surface area contributed by atoms with E-state index in [-0.39, 0.29) is 11.4 Å². The molecule has 0 radical (unpaired) electrons. The van der Waals surface area contributed by atoms with Crippen molar-refractivity contribution in [2.75, 3.05) is 6.54 Å². The maximum Gasteiger partial charge on any atom is 0.241 e. The molecule has 0 saturated carbocycles. The van der Waals surface area contributed by atoms with Gasteiger partial charge in [0.15, 0.2) is 0 Å². The zero-order chi connectivity index (χ0) is 13.3. The summed E-state index contributed by atoms with van der Waals surface area (Å²) in [5.41, 5.74) is 5.24. The van der Waals surface area contributed by atoms with Crippen LogP contribution in [-0.2, 0) is 10.0 Å². The van der Waals surface area contributed by atoms with Crippen molar-refractivity contribution >= 4 is 10.0 Å². The summed E-state index contributed by atoms with van der Waals surface area (Å²) in [5, 5.41) is 0. The monoisotopic (exact) mass is 260 g/mol. The number of sulfonamides is 1. The summed E-state index contributed by atoms with van der Waals surface area (Å²) < 4.78 is 39.5. The second-order valence-electron chi connectivity index (χ2n) is 4.66. The van der Waals surface area contributed by atoms with Gasteiger partial charge in [0.25, 0.3) is 0 Å². The van der Waals surface area contributed by atoms with Gasteiger partial charge in [0.2, 0.25) is 10.0 Å². The molecule has 1 rings (SSSR count). The van der Waals surface area contributed by atoms with Crippen molar-refractivity contribution in [3.63, 3.8) is 0 Å². The van der Waals surface area contributed by atoms with Gasteiger partial charge in [0.05, 0.1) is 4.90 Å². The second kappa shape index (κ2) is 4.72. The SMILES string of the molecule is Cc1cc(F)cc(S(=O)(=O)NC(C)(C)CN)c1. The maximum atomic E-state index is 13.2. The highest BCUT2D eigenvalue weighted by atomic mass is 32.2. The molecule has 0 bridgehead atoms. The topological polar surface area (TPSA) is 72.2 Å². The third-order valence-corrected chi connectivity index (χ3v) is 3.92. The number of aryl methyl sites for hydroxylation is 1. The molecule has 17 heavy (non-hydrogen) atoms. The number of nitrogens with one attached hydrogen (secondary N) is 1. The van der Waals surface area contributed by atoms with E-state index in [0.29, 0.717) is 5.56 Å². The van der Waals surface area contributed by atoms with Crippen molar-refractivity contribution in [1.82, 2.24) is 4.72 Å². The van der Waals surface area contributed by atoms with E-state index >= 15 is 0 Å². The van der Waals surface area contributed by atoms with Crippen molar-refractivity contribution in [3.05, 3.63) is 29.6 Å². The van der Waals surface area contributed by atoms with Crippen molar-refractivity contribution in [3.8, 4) is 0 Å². The summed E-state index contributed by atoms with van der Waals surface area (Å²) in [6, 6.07) is 3.67. The first-order chi connectivity index (χ1) is 7.66. The third kappa shape index (κ3) is 3.76. The number of halogens is 1. The van der Waals surface area contributed by atoms with Crippen molar-refractivity contribution in [1.29, 1.82) is 0 Å². The highest BCUT2D eigenvalue weighted by molar-refractivity contribution is 7.89. The van der Waals surface area contributed by atoms with Gasteiger partial charge in [-0.2, -0.15) is 0 Å². The molecule has 0 saturated heterocycles. The van der Waals surface area contributed by atoms with Crippen LogP contribution in [0.4, 0.5) is 4.39 Å². The first-order valence-corrected chi connectivity index (χ1v) is 6.66. The molecule has 96 valence electrons. The van der Waals surface area contributed by atoms with Gasteiger partial charge < -0.3 is 5.73 Å². The van der Waals surface area contributed by atoms with Crippen LogP contribution in [-0.4, -0.2) is 20.5 Å². The minimum absolute atomic E-state index is 0.0866. The normalized spacial score (nSPS) is 12.8. The molecule has 0 heterocycles. The van der Waals surface area contributed by atoms with Gasteiger partial charge >= 0.3 is 0 Å². The molecule has 0 atom stereocenters. The molecule has 0 spiro atoms. The van der Waals surface area contributed by atoms with E-state index in [9.17, 15) is 12.8 Å². The smallest absolute Gasteiger partial charge is 0.241 e. The average Bonchev–Trinajstić information content (AvgIpc) is 2.14. The molecule has 3 N–H and O–H groups in total. The van der Waals surface area contributed by atoms with Crippen LogP contribution in [0.2, 0.25) is 0 Å². The lowest BCUT2D eigenvalue weighted by Crippen LogP contribution is -2.48. The van der Waals surface area contributed by atoms with Crippen molar-refractivity contribution in [2.24, 2.45) is 5.73 Å². The van der Waals surface area contributed by atoms with Gasteiger partial charge in [-0.25, -0.2) is 17.5 Å². The van der Waals surface area contributed by atoms with Crippen LogP contribution in [0.15, 0.2) is 23.1 Å². The van der Waals surface area contributed by atoms with E-state index in [1.54, 1.807) is 20.8 Å². The summed E-state index contributed by atoms with van der Waals surface area (Å²) in [6.45, 7) is 5.12. The maximum absolute atomic E-state index is 13.2. The second-order valence-corrected chi connectivity index (χ2v) is 6.34. The Bertz CT molecular complexity index is 492. The van der Waals surface area contributed by atoms with Gasteiger partial charge in [-0.05, 0) is 44.5 Å². The van der Waals surface area contributed by atoms with Crippen molar-refractivity contribution in [2.45, 2.75) is 31.2 Å². The van der Waals surface area contributed by atoms with E-state index in [1.165, 1.54) is 12.1 Å². The molecular formula is C11H17FN2O2S. The fourth-order valence-electron chi connectivity index (χ4n) is 1.32. The van der Waals surface area contributed by atoms with Crippen LogP contribution in [0.1, 0.15) is 19.4 Å². The highest BCUT2D eigenvalue weighted by Gasteiger charge is 2.25. The number of rotatable bonds is 4. The average molecular weight is 260 g/mol. The van der Waals surface area contributed by atoms with E-state index in [1.807, 2.05) is 0 Å². The summed E-state index contributed by atoms with van der Waals surface area (Å²) in [4.78, 5) is -0.0866. The molecule has 0 aliphatic rings. The largest absolute Gasteiger partial charge is 0.329 e. The van der Waals surface area contributed by atoms with E-state index in [4.69, 9.17) is 5.73 Å². The molecule has 0 aliphatic carbocycles. The summed E-state index contributed by atoms with van der Waals surface area (Å²) in [7, 11) is -3.75. The molecule has 0 aromatic heterocycles. The fraction of sp³-hybridized carbons (Fsp3) is 0.455. The zero-order valence-electron chi connectivity index (χ0n) is 10.1. The molecule has 0 aliphatic heterocycles. The Hall–Kier alpha value is -0.980. The number of hydrogen-bond acceptors (Lipinski definition) is 3. The predicted molar refractivity (Wildman–Crippen MR) is 64.6 cm³/mol. The van der Waals surface area contributed by atoms with Crippen LogP contribution in [0.3, 0.4) is 0 Å². The fourth-order valence-corrected chi connectivity index (χ4v) is 2.86. The highest BCUT2D eigenvalue weighted by Crippen LogP contribution is 2.16. The first kappa shape index (κ1) is 14.1.